The van der Waals surface area contributed by atoms with Crippen LogP contribution >= 0.6 is 0 Å². The quantitative estimate of drug-likeness (QED) is 0.852. The molecule has 2 N–H and O–H groups in total. The summed E-state index contributed by atoms with van der Waals surface area (Å²) in [5.74, 6) is 1.68. The normalized spacial score (nSPS) is 27.7. The average Bonchev–Trinajstić information content (AvgIpc) is 2.47. The number of carbonyl (C=O) groups is 1. The minimum atomic E-state index is -0.476. The largest absolute Gasteiger partial charge is 0.389 e. The molecule has 1 amide bonds. The number of aliphatic hydroxyl groups excluding tert-OH is 1. The number of amides is 1. The number of hydrogen-bond donors (Lipinski definition) is 2. The number of anilines is 1. The molecule has 2 unspecified atom stereocenters. The molecule has 3 heterocycles. The number of pyridine rings is 1. The summed E-state index contributed by atoms with van der Waals surface area (Å²) in [6, 6.07) is 4.25. The number of aliphatic hydroxyl groups is 1. The van der Waals surface area contributed by atoms with Gasteiger partial charge in [0.05, 0.1) is 6.10 Å². The molecule has 20 heavy (non-hydrogen) atoms. The lowest BCUT2D eigenvalue weighted by Crippen LogP contribution is -2.54. The van der Waals surface area contributed by atoms with Crippen molar-refractivity contribution in [3.05, 3.63) is 23.9 Å². The first-order valence-corrected chi connectivity index (χ1v) is 7.32. The van der Waals surface area contributed by atoms with E-state index in [0.717, 1.165) is 37.3 Å². The van der Waals surface area contributed by atoms with Crippen molar-refractivity contribution < 1.29 is 9.90 Å². The van der Waals surface area contributed by atoms with Gasteiger partial charge >= 0.3 is 0 Å². The third kappa shape index (κ3) is 2.63. The van der Waals surface area contributed by atoms with Crippen LogP contribution in [0, 0.1) is 5.92 Å². The van der Waals surface area contributed by atoms with E-state index >= 15 is 0 Å². The third-order valence-corrected chi connectivity index (χ3v) is 4.40. The summed E-state index contributed by atoms with van der Waals surface area (Å²) in [6.45, 7) is 3.61. The van der Waals surface area contributed by atoms with E-state index in [1.807, 2.05) is 12.1 Å². The highest BCUT2D eigenvalue weighted by atomic mass is 16.3. The Balaban J connectivity index is 1.68. The maximum absolute atomic E-state index is 11.4. The summed E-state index contributed by atoms with van der Waals surface area (Å²) in [7, 11) is 0. The van der Waals surface area contributed by atoms with Crippen LogP contribution in [0.1, 0.15) is 37.9 Å². The minimum Gasteiger partial charge on any atom is -0.389 e. The molecule has 0 bridgehead atoms. The number of carbonyl (C=O) groups excluding carboxylic acids is 1. The Hall–Kier alpha value is -1.62. The molecular weight excluding hydrogens is 254 g/mol. The summed E-state index contributed by atoms with van der Waals surface area (Å²) < 4.78 is 0. The van der Waals surface area contributed by atoms with Gasteiger partial charge in [0.2, 0.25) is 5.91 Å². The topological polar surface area (TPSA) is 65.5 Å². The molecule has 2 aliphatic heterocycles. The fourth-order valence-electron chi connectivity index (χ4n) is 3.15. The molecule has 5 nitrogen and oxygen atoms in total. The van der Waals surface area contributed by atoms with Gasteiger partial charge in [-0.15, -0.1) is 0 Å². The number of aromatic nitrogens is 1. The van der Waals surface area contributed by atoms with Gasteiger partial charge in [-0.1, -0.05) is 6.07 Å². The van der Waals surface area contributed by atoms with Crippen LogP contribution in [0.3, 0.4) is 0 Å². The predicted molar refractivity (Wildman–Crippen MR) is 76.4 cm³/mol. The molecule has 2 saturated heterocycles. The van der Waals surface area contributed by atoms with E-state index in [9.17, 15) is 9.90 Å². The standard InChI is InChI=1S/C15H21N3O2/c1-10(19)11-2-4-14(16-8-11)18-7-6-13-12(9-18)3-5-15(20)17-13/h2,4,8,10,12-13,19H,3,5-7,9H2,1H3,(H,17,20)/t10-,12?,13?/m0/s1. The predicted octanol–water partition coefficient (Wildman–Crippen LogP) is 1.24. The Morgan fingerprint density at radius 3 is 3.00 bits per heavy atom. The number of piperidine rings is 2. The van der Waals surface area contributed by atoms with Gasteiger partial charge in [-0.3, -0.25) is 4.79 Å². The molecule has 0 spiro atoms. The lowest BCUT2D eigenvalue weighted by molar-refractivity contribution is -0.124. The summed E-state index contributed by atoms with van der Waals surface area (Å²) in [5.41, 5.74) is 0.841. The molecule has 2 fully saturated rings. The molecular formula is C15H21N3O2. The van der Waals surface area contributed by atoms with Crippen LogP contribution in [0.5, 0.6) is 0 Å². The van der Waals surface area contributed by atoms with E-state index in [-0.39, 0.29) is 5.91 Å². The lowest BCUT2D eigenvalue weighted by atomic mass is 9.85. The van der Waals surface area contributed by atoms with E-state index < -0.39 is 6.10 Å². The van der Waals surface area contributed by atoms with Gasteiger partial charge in [0.25, 0.3) is 0 Å². The monoisotopic (exact) mass is 275 g/mol. The molecule has 2 aliphatic rings. The van der Waals surface area contributed by atoms with Crippen LogP contribution in [0.4, 0.5) is 5.82 Å². The van der Waals surface area contributed by atoms with E-state index in [4.69, 9.17) is 0 Å². The van der Waals surface area contributed by atoms with E-state index in [1.165, 1.54) is 0 Å². The van der Waals surface area contributed by atoms with Crippen LogP contribution in [0.25, 0.3) is 0 Å². The van der Waals surface area contributed by atoms with E-state index in [0.29, 0.717) is 18.4 Å². The summed E-state index contributed by atoms with van der Waals surface area (Å²) >= 11 is 0. The SMILES string of the molecule is C[C@H](O)c1ccc(N2CCC3NC(=O)CCC3C2)nc1. The third-order valence-electron chi connectivity index (χ3n) is 4.40. The molecule has 1 aromatic rings. The highest BCUT2D eigenvalue weighted by molar-refractivity contribution is 5.77. The van der Waals surface area contributed by atoms with Gasteiger partial charge < -0.3 is 15.3 Å². The highest BCUT2D eigenvalue weighted by Crippen LogP contribution is 2.28. The molecule has 5 heteroatoms. The molecule has 0 aromatic carbocycles. The smallest absolute Gasteiger partial charge is 0.220 e. The van der Waals surface area contributed by atoms with E-state index in [2.05, 4.69) is 15.2 Å². The molecule has 3 rings (SSSR count). The molecule has 0 saturated carbocycles. The van der Waals surface area contributed by atoms with Gasteiger partial charge in [-0.25, -0.2) is 4.98 Å². The lowest BCUT2D eigenvalue weighted by Gasteiger charge is -2.41. The fourth-order valence-corrected chi connectivity index (χ4v) is 3.15. The van der Waals surface area contributed by atoms with Crippen molar-refractivity contribution in [3.63, 3.8) is 0 Å². The van der Waals surface area contributed by atoms with Crippen molar-refractivity contribution >= 4 is 11.7 Å². The Kier molecular flexibility index (Phi) is 3.61. The van der Waals surface area contributed by atoms with E-state index in [1.54, 1.807) is 13.1 Å². The van der Waals surface area contributed by atoms with Gasteiger partial charge in [0.1, 0.15) is 5.82 Å². The van der Waals surface area contributed by atoms with Crippen molar-refractivity contribution in [1.82, 2.24) is 10.3 Å². The number of fused-ring (bicyclic) bond motifs is 1. The summed E-state index contributed by atoms with van der Waals surface area (Å²) in [6.07, 6.45) is 3.86. The van der Waals surface area contributed by atoms with Crippen molar-refractivity contribution in [1.29, 1.82) is 0 Å². The van der Waals surface area contributed by atoms with Crippen LogP contribution < -0.4 is 10.2 Å². The van der Waals surface area contributed by atoms with Crippen molar-refractivity contribution in [2.75, 3.05) is 18.0 Å². The Morgan fingerprint density at radius 2 is 2.30 bits per heavy atom. The fraction of sp³-hybridized carbons (Fsp3) is 0.600. The second-order valence-electron chi connectivity index (χ2n) is 5.83. The van der Waals surface area contributed by atoms with Crippen LogP contribution in [-0.4, -0.2) is 35.1 Å². The van der Waals surface area contributed by atoms with Crippen molar-refractivity contribution in [2.45, 2.75) is 38.3 Å². The number of rotatable bonds is 2. The first-order chi connectivity index (χ1) is 9.63. The van der Waals surface area contributed by atoms with Crippen LogP contribution in [0.2, 0.25) is 0 Å². The van der Waals surface area contributed by atoms with Crippen molar-refractivity contribution in [2.24, 2.45) is 5.92 Å². The zero-order chi connectivity index (χ0) is 14.1. The zero-order valence-electron chi connectivity index (χ0n) is 11.7. The molecule has 108 valence electrons. The Morgan fingerprint density at radius 1 is 1.45 bits per heavy atom. The Labute approximate surface area is 119 Å². The average molecular weight is 275 g/mol. The number of nitrogens with zero attached hydrogens (tertiary/aromatic N) is 2. The molecule has 0 radical (unpaired) electrons. The van der Waals surface area contributed by atoms with Gasteiger partial charge in [0.15, 0.2) is 0 Å². The minimum absolute atomic E-state index is 0.194. The first-order valence-electron chi connectivity index (χ1n) is 7.32. The maximum Gasteiger partial charge on any atom is 0.220 e. The molecule has 3 atom stereocenters. The van der Waals surface area contributed by atoms with Crippen LogP contribution in [-0.2, 0) is 4.79 Å². The highest BCUT2D eigenvalue weighted by Gasteiger charge is 2.34. The summed E-state index contributed by atoms with van der Waals surface area (Å²) in [4.78, 5) is 18.1. The number of hydrogen-bond acceptors (Lipinski definition) is 4. The Bertz CT molecular complexity index is 486. The molecule has 1 aromatic heterocycles. The van der Waals surface area contributed by atoms with Gasteiger partial charge in [-0.05, 0) is 37.3 Å². The van der Waals surface area contributed by atoms with Crippen molar-refractivity contribution in [3.8, 4) is 0 Å². The molecule has 0 aliphatic carbocycles. The maximum atomic E-state index is 11.4. The van der Waals surface area contributed by atoms with Gasteiger partial charge in [-0.2, -0.15) is 0 Å². The second kappa shape index (κ2) is 5.40. The van der Waals surface area contributed by atoms with Gasteiger partial charge in [0, 0.05) is 31.7 Å². The van der Waals surface area contributed by atoms with Crippen LogP contribution in [0.15, 0.2) is 18.3 Å². The number of nitrogens with one attached hydrogen (secondary N) is 1. The zero-order valence-corrected chi connectivity index (χ0v) is 11.7. The summed E-state index contributed by atoms with van der Waals surface area (Å²) in [5, 5.41) is 12.6. The second-order valence-corrected chi connectivity index (χ2v) is 5.83. The first kappa shape index (κ1) is 13.4.